The Hall–Kier alpha value is -1.55. The summed E-state index contributed by atoms with van der Waals surface area (Å²) in [6.07, 6.45) is 4.24. The first-order valence-corrected chi connectivity index (χ1v) is 7.49. The Labute approximate surface area is 121 Å². The Kier molecular flexibility index (Phi) is 5.41. The zero-order valence-corrected chi connectivity index (χ0v) is 12.2. The minimum Gasteiger partial charge on any atom is -0.351 e. The Morgan fingerprint density at radius 1 is 1.35 bits per heavy atom. The molecule has 4 nitrogen and oxygen atoms in total. The molecular weight excluding hydrogens is 250 g/mol. The molecule has 1 aromatic carbocycles. The van der Waals surface area contributed by atoms with Gasteiger partial charge in [-0.05, 0) is 38.2 Å². The number of hydrogen-bond donors (Lipinski definition) is 2. The van der Waals surface area contributed by atoms with Crippen molar-refractivity contribution in [3.63, 3.8) is 0 Å². The minimum absolute atomic E-state index is 0.291. The zero-order valence-electron chi connectivity index (χ0n) is 12.2. The lowest BCUT2D eigenvalue weighted by Crippen LogP contribution is -2.48. The second-order valence-electron chi connectivity index (χ2n) is 5.69. The van der Waals surface area contributed by atoms with Gasteiger partial charge in [-0.25, -0.2) is 4.79 Å². The molecule has 1 fully saturated rings. The van der Waals surface area contributed by atoms with E-state index in [0.29, 0.717) is 12.1 Å². The SMILES string of the molecule is CC(CCc1ccccc1)NC1CCN(C(N)=O)CC1. The summed E-state index contributed by atoms with van der Waals surface area (Å²) in [5, 5.41) is 3.67. The van der Waals surface area contributed by atoms with Crippen LogP contribution in [0.15, 0.2) is 30.3 Å². The molecule has 0 spiro atoms. The molecule has 3 N–H and O–H groups in total. The summed E-state index contributed by atoms with van der Waals surface area (Å²) in [7, 11) is 0. The van der Waals surface area contributed by atoms with Crippen molar-refractivity contribution < 1.29 is 4.79 Å². The van der Waals surface area contributed by atoms with Crippen molar-refractivity contribution in [1.82, 2.24) is 10.2 Å². The number of urea groups is 1. The molecule has 20 heavy (non-hydrogen) atoms. The van der Waals surface area contributed by atoms with Crippen LogP contribution in [0.4, 0.5) is 4.79 Å². The molecule has 1 atom stereocenters. The molecule has 1 aliphatic rings. The van der Waals surface area contributed by atoms with Crippen LogP contribution in [0.2, 0.25) is 0 Å². The monoisotopic (exact) mass is 275 g/mol. The highest BCUT2D eigenvalue weighted by atomic mass is 16.2. The van der Waals surface area contributed by atoms with Gasteiger partial charge < -0.3 is 16.0 Å². The van der Waals surface area contributed by atoms with Gasteiger partial charge in [-0.2, -0.15) is 0 Å². The van der Waals surface area contributed by atoms with Gasteiger partial charge in [0, 0.05) is 25.2 Å². The number of piperidine rings is 1. The highest BCUT2D eigenvalue weighted by Crippen LogP contribution is 2.12. The summed E-state index contributed by atoms with van der Waals surface area (Å²) in [6.45, 7) is 3.79. The summed E-state index contributed by atoms with van der Waals surface area (Å²) < 4.78 is 0. The third-order valence-electron chi connectivity index (χ3n) is 4.04. The lowest BCUT2D eigenvalue weighted by Gasteiger charge is -2.33. The van der Waals surface area contributed by atoms with Crippen molar-refractivity contribution in [1.29, 1.82) is 0 Å². The van der Waals surface area contributed by atoms with E-state index in [-0.39, 0.29) is 6.03 Å². The maximum Gasteiger partial charge on any atom is 0.314 e. The first-order valence-electron chi connectivity index (χ1n) is 7.49. The smallest absolute Gasteiger partial charge is 0.314 e. The van der Waals surface area contributed by atoms with Crippen molar-refractivity contribution in [2.45, 2.75) is 44.7 Å². The average Bonchev–Trinajstić information content (AvgIpc) is 2.47. The quantitative estimate of drug-likeness (QED) is 0.865. The number of aryl methyl sites for hydroxylation is 1. The van der Waals surface area contributed by atoms with Gasteiger partial charge in [0.2, 0.25) is 0 Å². The number of carbonyl (C=O) groups is 1. The molecule has 0 bridgehead atoms. The van der Waals surface area contributed by atoms with Crippen LogP contribution in [0.25, 0.3) is 0 Å². The van der Waals surface area contributed by atoms with E-state index in [2.05, 4.69) is 42.6 Å². The third-order valence-corrected chi connectivity index (χ3v) is 4.04. The lowest BCUT2D eigenvalue weighted by molar-refractivity contribution is 0.182. The highest BCUT2D eigenvalue weighted by molar-refractivity contribution is 5.72. The standard InChI is InChI=1S/C16H25N3O/c1-13(7-8-14-5-3-2-4-6-14)18-15-9-11-19(12-10-15)16(17)20/h2-6,13,15,18H,7-12H2,1H3,(H2,17,20). The lowest BCUT2D eigenvalue weighted by atomic mass is 10.0. The van der Waals surface area contributed by atoms with E-state index in [4.69, 9.17) is 5.73 Å². The maximum absolute atomic E-state index is 11.1. The number of rotatable bonds is 5. The van der Waals surface area contributed by atoms with Crippen molar-refractivity contribution in [2.75, 3.05) is 13.1 Å². The van der Waals surface area contributed by atoms with Crippen LogP contribution < -0.4 is 11.1 Å². The fraction of sp³-hybridized carbons (Fsp3) is 0.562. The third kappa shape index (κ3) is 4.53. The Balaban J connectivity index is 1.68. The highest BCUT2D eigenvalue weighted by Gasteiger charge is 2.21. The van der Waals surface area contributed by atoms with Crippen molar-refractivity contribution in [3.8, 4) is 0 Å². The fourth-order valence-electron chi connectivity index (χ4n) is 2.78. The van der Waals surface area contributed by atoms with Crippen LogP contribution in [0.1, 0.15) is 31.7 Å². The number of primary amides is 1. The van der Waals surface area contributed by atoms with Crippen LogP contribution in [0.5, 0.6) is 0 Å². The molecular formula is C16H25N3O. The van der Waals surface area contributed by atoms with Crippen LogP contribution in [0, 0.1) is 0 Å². The average molecular weight is 275 g/mol. The van der Waals surface area contributed by atoms with Crippen molar-refractivity contribution in [3.05, 3.63) is 35.9 Å². The number of nitrogens with two attached hydrogens (primary N) is 1. The Morgan fingerprint density at radius 3 is 2.60 bits per heavy atom. The van der Waals surface area contributed by atoms with Gasteiger partial charge in [-0.3, -0.25) is 0 Å². The molecule has 1 saturated heterocycles. The number of amides is 2. The van der Waals surface area contributed by atoms with Gasteiger partial charge in [-0.15, -0.1) is 0 Å². The molecule has 110 valence electrons. The van der Waals surface area contributed by atoms with Gasteiger partial charge in [0.1, 0.15) is 0 Å². The molecule has 1 aliphatic heterocycles. The molecule has 0 aromatic heterocycles. The molecule has 1 heterocycles. The number of nitrogens with one attached hydrogen (secondary N) is 1. The zero-order chi connectivity index (χ0) is 14.4. The van der Waals surface area contributed by atoms with E-state index in [9.17, 15) is 4.79 Å². The number of hydrogen-bond acceptors (Lipinski definition) is 2. The molecule has 0 saturated carbocycles. The topological polar surface area (TPSA) is 58.4 Å². The van der Waals surface area contributed by atoms with E-state index in [1.807, 2.05) is 0 Å². The van der Waals surface area contributed by atoms with Crippen LogP contribution in [0.3, 0.4) is 0 Å². The summed E-state index contributed by atoms with van der Waals surface area (Å²) in [5.41, 5.74) is 6.69. The number of likely N-dealkylation sites (tertiary alicyclic amines) is 1. The molecule has 1 aromatic rings. The molecule has 2 rings (SSSR count). The Morgan fingerprint density at radius 2 is 2.00 bits per heavy atom. The van der Waals surface area contributed by atoms with E-state index >= 15 is 0 Å². The largest absolute Gasteiger partial charge is 0.351 e. The van der Waals surface area contributed by atoms with Gasteiger partial charge in [-0.1, -0.05) is 30.3 Å². The summed E-state index contributed by atoms with van der Waals surface area (Å²) in [5.74, 6) is 0. The number of carbonyl (C=O) groups excluding carboxylic acids is 1. The first-order chi connectivity index (χ1) is 9.65. The maximum atomic E-state index is 11.1. The van der Waals surface area contributed by atoms with E-state index in [1.54, 1.807) is 4.90 Å². The molecule has 4 heteroatoms. The second-order valence-corrected chi connectivity index (χ2v) is 5.69. The number of nitrogens with zero attached hydrogens (tertiary/aromatic N) is 1. The van der Waals surface area contributed by atoms with Crippen LogP contribution >= 0.6 is 0 Å². The van der Waals surface area contributed by atoms with Gasteiger partial charge >= 0.3 is 6.03 Å². The van der Waals surface area contributed by atoms with Gasteiger partial charge in [0.05, 0.1) is 0 Å². The van der Waals surface area contributed by atoms with Crippen LogP contribution in [-0.2, 0) is 6.42 Å². The fourth-order valence-corrected chi connectivity index (χ4v) is 2.78. The van der Waals surface area contributed by atoms with E-state index < -0.39 is 0 Å². The Bertz CT molecular complexity index is 413. The molecule has 2 amide bonds. The number of benzene rings is 1. The molecule has 0 aliphatic carbocycles. The van der Waals surface area contributed by atoms with Crippen LogP contribution in [-0.4, -0.2) is 36.1 Å². The normalized spacial score (nSPS) is 17.9. The van der Waals surface area contributed by atoms with Crippen molar-refractivity contribution in [2.24, 2.45) is 5.73 Å². The van der Waals surface area contributed by atoms with E-state index in [0.717, 1.165) is 38.8 Å². The molecule has 0 radical (unpaired) electrons. The summed E-state index contributed by atoms with van der Waals surface area (Å²) >= 11 is 0. The van der Waals surface area contributed by atoms with E-state index in [1.165, 1.54) is 5.56 Å². The van der Waals surface area contributed by atoms with Crippen molar-refractivity contribution >= 4 is 6.03 Å². The van der Waals surface area contributed by atoms with Gasteiger partial charge in [0.15, 0.2) is 0 Å². The summed E-state index contributed by atoms with van der Waals surface area (Å²) in [6, 6.07) is 11.3. The minimum atomic E-state index is -0.291. The van der Waals surface area contributed by atoms with Gasteiger partial charge in [0.25, 0.3) is 0 Å². The predicted octanol–water partition coefficient (Wildman–Crippen LogP) is 2.14. The summed E-state index contributed by atoms with van der Waals surface area (Å²) in [4.78, 5) is 12.8. The molecule has 1 unspecified atom stereocenters. The second kappa shape index (κ2) is 7.29. The first kappa shape index (κ1) is 14.9. The predicted molar refractivity (Wildman–Crippen MR) is 81.5 cm³/mol.